The van der Waals surface area contributed by atoms with Gasteiger partial charge < -0.3 is 16.9 Å². The minimum absolute atomic E-state index is 0.233. The summed E-state index contributed by atoms with van der Waals surface area (Å²) in [6, 6.07) is 0. The predicted octanol–water partition coefficient (Wildman–Crippen LogP) is -0.915. The topological polar surface area (TPSA) is 75.9 Å². The first kappa shape index (κ1) is 5.59. The fourth-order valence-electron chi connectivity index (χ4n) is 0.0680. The highest BCUT2D eigenvalue weighted by Crippen LogP contribution is 1.62. The zero-order valence-electron chi connectivity index (χ0n) is 3.44. The van der Waals surface area contributed by atoms with Crippen LogP contribution in [0, 0.1) is 12.0 Å². The maximum Gasteiger partial charge on any atom is 0.0644 e. The van der Waals surface area contributed by atoms with Gasteiger partial charge in [-0.1, -0.05) is 0 Å². The van der Waals surface area contributed by atoms with Crippen molar-refractivity contribution in [2.75, 3.05) is 6.54 Å². The van der Waals surface area contributed by atoms with E-state index in [4.69, 9.17) is 16.9 Å². The molecule has 0 fully saturated rings. The third-order valence-corrected chi connectivity index (χ3v) is 0.421. The van der Waals surface area contributed by atoms with Gasteiger partial charge in [-0.25, -0.2) is 0 Å². The average molecular weight is 86.1 g/mol. The summed E-state index contributed by atoms with van der Waals surface area (Å²) in [4.78, 5) is 0. The highest BCUT2D eigenvalue weighted by molar-refractivity contribution is 5.90. The Morgan fingerprint density at radius 1 is 1.83 bits per heavy atom. The molecule has 0 spiro atoms. The SMILES string of the molecule is N=C([CH]N)CN. The number of hydrogen-bond acceptors (Lipinski definition) is 3. The lowest BCUT2D eigenvalue weighted by molar-refractivity contribution is 1.24. The molecule has 5 N–H and O–H groups in total. The van der Waals surface area contributed by atoms with Crippen molar-refractivity contribution in [3.8, 4) is 0 Å². The zero-order valence-corrected chi connectivity index (χ0v) is 3.44. The molecule has 3 heteroatoms. The average Bonchev–Trinajstić information content (AvgIpc) is 1.65. The van der Waals surface area contributed by atoms with Crippen LogP contribution in [0.2, 0.25) is 0 Å². The van der Waals surface area contributed by atoms with Crippen LogP contribution in [-0.2, 0) is 0 Å². The summed E-state index contributed by atoms with van der Waals surface area (Å²) < 4.78 is 0. The predicted molar refractivity (Wildman–Crippen MR) is 25.3 cm³/mol. The maximum atomic E-state index is 6.68. The second-order valence-corrected chi connectivity index (χ2v) is 0.896. The molecule has 0 atom stereocenters. The van der Waals surface area contributed by atoms with E-state index in [1.807, 2.05) is 0 Å². The quantitative estimate of drug-likeness (QED) is 0.380. The molecule has 0 amide bonds. The van der Waals surface area contributed by atoms with Gasteiger partial charge in [-0.15, -0.1) is 0 Å². The van der Waals surface area contributed by atoms with E-state index < -0.39 is 0 Å². The molecule has 0 heterocycles. The van der Waals surface area contributed by atoms with E-state index in [-0.39, 0.29) is 12.3 Å². The minimum Gasteiger partial charge on any atom is -0.325 e. The lowest BCUT2D eigenvalue weighted by atomic mass is 10.4. The van der Waals surface area contributed by atoms with Gasteiger partial charge in [0, 0.05) is 12.3 Å². The van der Waals surface area contributed by atoms with Crippen molar-refractivity contribution in [3.05, 3.63) is 6.54 Å². The van der Waals surface area contributed by atoms with Crippen molar-refractivity contribution in [1.82, 2.24) is 0 Å². The second kappa shape index (κ2) is 2.81. The molecule has 0 bridgehead atoms. The Balaban J connectivity index is 2.99. The van der Waals surface area contributed by atoms with Crippen LogP contribution in [0.5, 0.6) is 0 Å². The van der Waals surface area contributed by atoms with Crippen LogP contribution in [0.25, 0.3) is 0 Å². The highest BCUT2D eigenvalue weighted by Gasteiger charge is 1.82. The van der Waals surface area contributed by atoms with Crippen molar-refractivity contribution in [2.45, 2.75) is 0 Å². The van der Waals surface area contributed by atoms with Gasteiger partial charge >= 0.3 is 0 Å². The molecule has 0 saturated carbocycles. The lowest BCUT2D eigenvalue weighted by Gasteiger charge is -1.86. The van der Waals surface area contributed by atoms with Gasteiger partial charge in [0.05, 0.1) is 6.54 Å². The number of nitrogens with two attached hydrogens (primary N) is 2. The summed E-state index contributed by atoms with van der Waals surface area (Å²) in [5, 5.41) is 6.68. The van der Waals surface area contributed by atoms with Gasteiger partial charge in [0.25, 0.3) is 0 Å². The van der Waals surface area contributed by atoms with Gasteiger partial charge in [-0.3, -0.25) is 0 Å². The minimum atomic E-state index is 0.233. The summed E-state index contributed by atoms with van der Waals surface area (Å²) >= 11 is 0. The number of rotatable bonds is 2. The smallest absolute Gasteiger partial charge is 0.0644 e. The summed E-state index contributed by atoms with van der Waals surface area (Å²) in [6.07, 6.45) is 0. The van der Waals surface area contributed by atoms with Crippen LogP contribution in [0.3, 0.4) is 0 Å². The van der Waals surface area contributed by atoms with Crippen molar-refractivity contribution >= 4 is 5.71 Å². The van der Waals surface area contributed by atoms with Gasteiger partial charge in [-0.05, 0) is 0 Å². The molecule has 0 aromatic rings. The number of hydrogen-bond donors (Lipinski definition) is 3. The van der Waals surface area contributed by atoms with Gasteiger partial charge in [0.15, 0.2) is 0 Å². The monoisotopic (exact) mass is 86.1 g/mol. The van der Waals surface area contributed by atoms with E-state index in [9.17, 15) is 0 Å². The molecule has 3 nitrogen and oxygen atoms in total. The first-order chi connectivity index (χ1) is 2.81. The molecule has 0 aromatic carbocycles. The standard InChI is InChI=1S/C3H8N3/c4-1-3(6)2-5/h1,6H,2,4-5H2. The van der Waals surface area contributed by atoms with E-state index in [1.165, 1.54) is 6.54 Å². The fourth-order valence-corrected chi connectivity index (χ4v) is 0.0680. The van der Waals surface area contributed by atoms with E-state index in [2.05, 4.69) is 0 Å². The molecule has 0 aromatic heterocycles. The molecule has 1 radical (unpaired) electrons. The molecule has 0 unspecified atom stereocenters. The Hall–Kier alpha value is -0.410. The molecule has 6 heavy (non-hydrogen) atoms. The normalized spacial score (nSPS) is 8.33. The molecular formula is C3H8N3. The third kappa shape index (κ3) is 1.87. The van der Waals surface area contributed by atoms with E-state index in [1.54, 1.807) is 0 Å². The van der Waals surface area contributed by atoms with Gasteiger partial charge in [-0.2, -0.15) is 0 Å². The van der Waals surface area contributed by atoms with Crippen LogP contribution in [0.1, 0.15) is 0 Å². The van der Waals surface area contributed by atoms with Crippen LogP contribution in [0.4, 0.5) is 0 Å². The van der Waals surface area contributed by atoms with Crippen LogP contribution in [-0.4, -0.2) is 12.3 Å². The maximum absolute atomic E-state index is 6.68. The third-order valence-electron chi connectivity index (χ3n) is 0.421. The van der Waals surface area contributed by atoms with Gasteiger partial charge in [0.2, 0.25) is 0 Å². The molecule has 0 saturated heterocycles. The van der Waals surface area contributed by atoms with Crippen LogP contribution < -0.4 is 11.5 Å². The fraction of sp³-hybridized carbons (Fsp3) is 0.333. The number of nitrogens with one attached hydrogen (secondary N) is 1. The van der Waals surface area contributed by atoms with E-state index in [0.717, 1.165) is 0 Å². The van der Waals surface area contributed by atoms with Crippen LogP contribution in [0.15, 0.2) is 0 Å². The second-order valence-electron chi connectivity index (χ2n) is 0.896. The first-order valence-corrected chi connectivity index (χ1v) is 1.63. The van der Waals surface area contributed by atoms with E-state index >= 15 is 0 Å². The Labute approximate surface area is 36.8 Å². The molecular weight excluding hydrogens is 78.1 g/mol. The van der Waals surface area contributed by atoms with Crippen molar-refractivity contribution in [2.24, 2.45) is 11.5 Å². The molecule has 0 aliphatic heterocycles. The molecule has 35 valence electrons. The zero-order chi connectivity index (χ0) is 4.99. The Morgan fingerprint density at radius 3 is 2.33 bits per heavy atom. The van der Waals surface area contributed by atoms with E-state index in [0.29, 0.717) is 0 Å². The van der Waals surface area contributed by atoms with Crippen LogP contribution >= 0.6 is 0 Å². The summed E-state index contributed by atoms with van der Waals surface area (Å²) in [6.45, 7) is 1.41. The van der Waals surface area contributed by atoms with Crippen molar-refractivity contribution in [3.63, 3.8) is 0 Å². The van der Waals surface area contributed by atoms with Gasteiger partial charge in [0.1, 0.15) is 0 Å². The summed E-state index contributed by atoms with van der Waals surface area (Å²) in [5.74, 6) is 0. The molecule has 0 rings (SSSR count). The van der Waals surface area contributed by atoms with Crippen molar-refractivity contribution in [1.29, 1.82) is 5.41 Å². The summed E-state index contributed by atoms with van der Waals surface area (Å²) in [5.41, 5.74) is 10.1. The molecule has 0 aliphatic rings. The Morgan fingerprint density at radius 2 is 2.33 bits per heavy atom. The summed E-state index contributed by atoms with van der Waals surface area (Å²) in [7, 11) is 0. The Kier molecular flexibility index (Phi) is 2.62. The largest absolute Gasteiger partial charge is 0.325 e. The highest BCUT2D eigenvalue weighted by atomic mass is 14.7. The van der Waals surface area contributed by atoms with Crippen molar-refractivity contribution < 1.29 is 0 Å². The first-order valence-electron chi connectivity index (χ1n) is 1.63. The lowest BCUT2D eigenvalue weighted by Crippen LogP contribution is -2.16. The molecule has 0 aliphatic carbocycles. The Bertz CT molecular complexity index is 44.0.